The van der Waals surface area contributed by atoms with E-state index in [1.165, 1.54) is 0 Å². The average molecular weight is 281 g/mol. The highest BCUT2D eigenvalue weighted by Gasteiger charge is 2.07. The molecule has 0 amide bonds. The molecule has 0 fully saturated rings. The number of nitrogens with zero attached hydrogens (tertiary/aromatic N) is 3. The highest BCUT2D eigenvalue weighted by atomic mass is 15.3. The summed E-state index contributed by atoms with van der Waals surface area (Å²) in [6.07, 6.45) is 2.42. The quantitative estimate of drug-likeness (QED) is 0.754. The fourth-order valence-electron chi connectivity index (χ4n) is 2.41. The number of rotatable bonds is 5. The molecule has 2 aromatic heterocycles. The van der Waals surface area contributed by atoms with Crippen LogP contribution in [0, 0.1) is 6.92 Å². The maximum atomic E-state index is 6.21. The maximum absolute atomic E-state index is 6.21. The maximum Gasteiger partial charge on any atom is 0.157 e. The molecule has 3 rings (SSSR count). The summed E-state index contributed by atoms with van der Waals surface area (Å²) in [5.41, 5.74) is 9.38. The largest absolute Gasteiger partial charge is 0.370 e. The van der Waals surface area contributed by atoms with Crippen molar-refractivity contribution in [2.45, 2.75) is 19.4 Å². The van der Waals surface area contributed by atoms with Crippen molar-refractivity contribution in [2.24, 2.45) is 5.73 Å². The van der Waals surface area contributed by atoms with Gasteiger partial charge in [-0.1, -0.05) is 30.3 Å². The average Bonchev–Trinajstić information content (AvgIpc) is 2.96. The smallest absolute Gasteiger partial charge is 0.157 e. The lowest BCUT2D eigenvalue weighted by atomic mass is 10.1. The van der Waals surface area contributed by atoms with Crippen molar-refractivity contribution in [1.29, 1.82) is 0 Å². The molecule has 0 bridgehead atoms. The van der Waals surface area contributed by atoms with Crippen LogP contribution >= 0.6 is 0 Å². The van der Waals surface area contributed by atoms with Gasteiger partial charge in [-0.05, 0) is 36.6 Å². The fraction of sp³-hybridized carbons (Fsp3) is 0.250. The number of hydrogen-bond donors (Lipinski definition) is 2. The third-order valence-electron chi connectivity index (χ3n) is 3.51. The number of nitrogens with two attached hydrogens (primary N) is 1. The van der Waals surface area contributed by atoms with Gasteiger partial charge in [-0.25, -0.2) is 4.98 Å². The predicted molar refractivity (Wildman–Crippen MR) is 84.2 cm³/mol. The number of fused-ring (bicyclic) bond motifs is 1. The zero-order valence-electron chi connectivity index (χ0n) is 12.0. The number of nitrogens with one attached hydrogen (secondary N) is 1. The Hall–Kier alpha value is -2.40. The van der Waals surface area contributed by atoms with Gasteiger partial charge in [0.05, 0.1) is 0 Å². The summed E-state index contributed by atoms with van der Waals surface area (Å²) in [5, 5.41) is 7.62. The van der Waals surface area contributed by atoms with Crippen LogP contribution in [0.15, 0.2) is 48.8 Å². The molecule has 0 aliphatic heterocycles. The normalized spacial score (nSPS) is 12.5. The first-order valence-corrected chi connectivity index (χ1v) is 7.09. The minimum Gasteiger partial charge on any atom is -0.370 e. The molecular formula is C16H19N5. The molecule has 3 N–H and O–H groups in total. The topological polar surface area (TPSA) is 68.2 Å². The van der Waals surface area contributed by atoms with Crippen LogP contribution in [0.4, 0.5) is 5.82 Å². The molecule has 2 heterocycles. The first-order valence-electron chi connectivity index (χ1n) is 7.09. The number of anilines is 1. The van der Waals surface area contributed by atoms with E-state index in [4.69, 9.17) is 5.73 Å². The van der Waals surface area contributed by atoms with Gasteiger partial charge in [0.15, 0.2) is 5.65 Å². The van der Waals surface area contributed by atoms with Gasteiger partial charge in [-0.15, -0.1) is 0 Å². The lowest BCUT2D eigenvalue weighted by Crippen LogP contribution is -2.16. The summed E-state index contributed by atoms with van der Waals surface area (Å²) in [4.78, 5) is 4.22. The minimum absolute atomic E-state index is 0.0368. The molecule has 0 spiro atoms. The van der Waals surface area contributed by atoms with Crippen molar-refractivity contribution in [2.75, 3.05) is 11.9 Å². The standard InChI is InChI=1S/C16H19N5/c1-12-9-15(21-16(10-12)19-11-20-21)18-8-7-14(17)13-5-3-2-4-6-13/h2-6,9-11,14,18H,7-8,17H2,1H3. The summed E-state index contributed by atoms with van der Waals surface area (Å²) in [6.45, 7) is 2.84. The number of benzene rings is 1. The lowest BCUT2D eigenvalue weighted by molar-refractivity contribution is 0.673. The molecular weight excluding hydrogens is 262 g/mol. The van der Waals surface area contributed by atoms with Crippen LogP contribution in [0.1, 0.15) is 23.6 Å². The summed E-state index contributed by atoms with van der Waals surface area (Å²) < 4.78 is 1.81. The molecule has 0 radical (unpaired) electrons. The second-order valence-corrected chi connectivity index (χ2v) is 5.18. The Morgan fingerprint density at radius 3 is 2.86 bits per heavy atom. The monoisotopic (exact) mass is 281 g/mol. The molecule has 1 unspecified atom stereocenters. The molecule has 5 heteroatoms. The Labute approximate surface area is 123 Å². The first-order chi connectivity index (χ1) is 10.2. The Bertz CT molecular complexity index is 720. The fourth-order valence-corrected chi connectivity index (χ4v) is 2.41. The van der Waals surface area contributed by atoms with Gasteiger partial charge in [-0.2, -0.15) is 9.61 Å². The van der Waals surface area contributed by atoms with Crippen LogP contribution in [0.2, 0.25) is 0 Å². The van der Waals surface area contributed by atoms with Crippen LogP contribution < -0.4 is 11.1 Å². The van der Waals surface area contributed by atoms with E-state index in [0.29, 0.717) is 0 Å². The summed E-state index contributed by atoms with van der Waals surface area (Å²) >= 11 is 0. The van der Waals surface area contributed by atoms with Crippen LogP contribution in [-0.2, 0) is 0 Å². The van der Waals surface area contributed by atoms with Crippen molar-refractivity contribution < 1.29 is 0 Å². The molecule has 0 aliphatic carbocycles. The van der Waals surface area contributed by atoms with E-state index in [9.17, 15) is 0 Å². The highest BCUT2D eigenvalue weighted by molar-refractivity contribution is 5.51. The van der Waals surface area contributed by atoms with E-state index in [1.807, 2.05) is 24.3 Å². The third-order valence-corrected chi connectivity index (χ3v) is 3.51. The number of aryl methyl sites for hydroxylation is 1. The summed E-state index contributed by atoms with van der Waals surface area (Å²) in [6, 6.07) is 14.3. The van der Waals surface area contributed by atoms with Gasteiger partial charge in [0.25, 0.3) is 0 Å². The van der Waals surface area contributed by atoms with Gasteiger partial charge in [-0.3, -0.25) is 0 Å². The zero-order valence-corrected chi connectivity index (χ0v) is 12.0. The van der Waals surface area contributed by atoms with Crippen LogP contribution in [-0.4, -0.2) is 21.1 Å². The second-order valence-electron chi connectivity index (χ2n) is 5.18. The van der Waals surface area contributed by atoms with E-state index in [2.05, 4.69) is 40.5 Å². The van der Waals surface area contributed by atoms with E-state index in [1.54, 1.807) is 10.8 Å². The van der Waals surface area contributed by atoms with E-state index in [-0.39, 0.29) is 6.04 Å². The predicted octanol–water partition coefficient (Wildman–Crippen LogP) is 2.54. The van der Waals surface area contributed by atoms with Gasteiger partial charge >= 0.3 is 0 Å². The Balaban J connectivity index is 1.66. The number of hydrogen-bond acceptors (Lipinski definition) is 4. The summed E-state index contributed by atoms with van der Waals surface area (Å²) in [5.74, 6) is 0.947. The summed E-state index contributed by atoms with van der Waals surface area (Å²) in [7, 11) is 0. The van der Waals surface area contributed by atoms with Crippen LogP contribution in [0.3, 0.4) is 0 Å². The highest BCUT2D eigenvalue weighted by Crippen LogP contribution is 2.16. The van der Waals surface area contributed by atoms with Crippen molar-refractivity contribution in [3.63, 3.8) is 0 Å². The van der Waals surface area contributed by atoms with Gasteiger partial charge in [0, 0.05) is 12.6 Å². The van der Waals surface area contributed by atoms with Gasteiger partial charge in [0.2, 0.25) is 0 Å². The van der Waals surface area contributed by atoms with E-state index < -0.39 is 0 Å². The molecule has 21 heavy (non-hydrogen) atoms. The SMILES string of the molecule is Cc1cc(NCCC(N)c2ccccc2)n2ncnc2c1. The molecule has 108 valence electrons. The van der Waals surface area contributed by atoms with Crippen LogP contribution in [0.5, 0.6) is 0 Å². The number of aromatic nitrogens is 3. The minimum atomic E-state index is 0.0368. The Morgan fingerprint density at radius 1 is 1.24 bits per heavy atom. The first kappa shape index (κ1) is 13.6. The van der Waals surface area contributed by atoms with E-state index in [0.717, 1.165) is 35.6 Å². The van der Waals surface area contributed by atoms with Crippen molar-refractivity contribution >= 4 is 11.5 Å². The third kappa shape index (κ3) is 3.03. The molecule has 0 saturated heterocycles. The molecule has 3 aromatic rings. The Morgan fingerprint density at radius 2 is 2.05 bits per heavy atom. The van der Waals surface area contributed by atoms with Gasteiger partial charge < -0.3 is 11.1 Å². The lowest BCUT2D eigenvalue weighted by Gasteiger charge is -2.14. The van der Waals surface area contributed by atoms with Crippen LogP contribution in [0.25, 0.3) is 5.65 Å². The van der Waals surface area contributed by atoms with Crippen molar-refractivity contribution in [3.05, 3.63) is 59.9 Å². The molecule has 1 atom stereocenters. The molecule has 0 aliphatic rings. The van der Waals surface area contributed by atoms with E-state index >= 15 is 0 Å². The zero-order chi connectivity index (χ0) is 14.7. The van der Waals surface area contributed by atoms with Crippen molar-refractivity contribution in [3.8, 4) is 0 Å². The second kappa shape index (κ2) is 5.93. The molecule has 1 aromatic carbocycles. The molecule has 5 nitrogen and oxygen atoms in total. The van der Waals surface area contributed by atoms with Gasteiger partial charge in [0.1, 0.15) is 12.1 Å². The van der Waals surface area contributed by atoms with Crippen molar-refractivity contribution in [1.82, 2.24) is 14.6 Å². The molecule has 0 saturated carbocycles. The number of pyridine rings is 1. The Kier molecular flexibility index (Phi) is 3.83.